The normalized spacial score (nSPS) is 12.9. The summed E-state index contributed by atoms with van der Waals surface area (Å²) in [4.78, 5) is 7.97. The maximum Gasteiger partial charge on any atom is 0.148 e. The van der Waals surface area contributed by atoms with Gasteiger partial charge in [0.25, 0.3) is 0 Å². The predicted molar refractivity (Wildman–Crippen MR) is 64.2 cm³/mol. The molecule has 1 unspecified atom stereocenters. The van der Waals surface area contributed by atoms with Crippen molar-refractivity contribution >= 4 is 17.4 Å². The smallest absolute Gasteiger partial charge is 0.148 e. The Balaban J connectivity index is 2.65. The molecule has 0 bridgehead atoms. The highest BCUT2D eigenvalue weighted by atomic mass is 35.5. The van der Waals surface area contributed by atoms with E-state index in [0.717, 1.165) is 18.7 Å². The molecule has 1 aromatic heterocycles. The van der Waals surface area contributed by atoms with Crippen molar-refractivity contribution in [2.75, 3.05) is 5.32 Å². The Bertz CT molecular complexity index is 300. The molecule has 3 nitrogen and oxygen atoms in total. The van der Waals surface area contributed by atoms with Crippen LogP contribution in [0.25, 0.3) is 0 Å². The van der Waals surface area contributed by atoms with E-state index in [1.807, 2.05) is 0 Å². The topological polar surface area (TPSA) is 37.8 Å². The monoisotopic (exact) mass is 227 g/mol. The number of nitrogens with one attached hydrogen (secondary N) is 1. The fraction of sp³-hybridized carbons (Fsp3) is 0.636. The van der Waals surface area contributed by atoms with Crippen molar-refractivity contribution in [2.24, 2.45) is 5.92 Å². The van der Waals surface area contributed by atoms with Crippen LogP contribution in [0.2, 0.25) is 5.02 Å². The van der Waals surface area contributed by atoms with Gasteiger partial charge in [-0.1, -0.05) is 38.3 Å². The highest BCUT2D eigenvalue weighted by Gasteiger charge is 2.14. The van der Waals surface area contributed by atoms with Crippen molar-refractivity contribution in [1.29, 1.82) is 0 Å². The number of hydrogen-bond acceptors (Lipinski definition) is 3. The molecule has 15 heavy (non-hydrogen) atoms. The molecule has 1 N–H and O–H groups in total. The van der Waals surface area contributed by atoms with E-state index in [1.54, 1.807) is 6.20 Å². The predicted octanol–water partition coefficient (Wildman–Crippen LogP) is 3.37. The number of nitrogens with zero attached hydrogens (tertiary/aromatic N) is 2. The highest BCUT2D eigenvalue weighted by molar-refractivity contribution is 6.32. The number of halogens is 1. The van der Waals surface area contributed by atoms with Gasteiger partial charge in [0.15, 0.2) is 0 Å². The third-order valence-corrected chi connectivity index (χ3v) is 3.06. The summed E-state index contributed by atoms with van der Waals surface area (Å²) >= 11 is 5.97. The molecule has 1 atom stereocenters. The lowest BCUT2D eigenvalue weighted by Crippen LogP contribution is -2.25. The van der Waals surface area contributed by atoms with Crippen LogP contribution in [0.1, 0.15) is 33.6 Å². The second-order valence-corrected chi connectivity index (χ2v) is 4.14. The Hall–Kier alpha value is -0.830. The standard InChI is InChI=1S/C11H18ClN3/c1-4-9(5-2)8(3)15-11-10(12)6-13-7-14-11/h6-9H,4-5H2,1-3H3,(H,13,14,15). The van der Waals surface area contributed by atoms with Gasteiger partial charge in [-0.05, 0) is 12.8 Å². The maximum atomic E-state index is 5.97. The quantitative estimate of drug-likeness (QED) is 0.838. The summed E-state index contributed by atoms with van der Waals surface area (Å²) in [7, 11) is 0. The number of aromatic nitrogens is 2. The first kappa shape index (κ1) is 12.2. The van der Waals surface area contributed by atoms with Crippen molar-refractivity contribution in [2.45, 2.75) is 39.7 Å². The van der Waals surface area contributed by atoms with Crippen LogP contribution >= 0.6 is 11.6 Å². The van der Waals surface area contributed by atoms with Gasteiger partial charge >= 0.3 is 0 Å². The van der Waals surface area contributed by atoms with Crippen molar-refractivity contribution in [3.05, 3.63) is 17.5 Å². The lowest BCUT2D eigenvalue weighted by Gasteiger charge is -2.23. The van der Waals surface area contributed by atoms with Gasteiger partial charge in [0.2, 0.25) is 0 Å². The van der Waals surface area contributed by atoms with Gasteiger partial charge in [0.1, 0.15) is 17.2 Å². The molecule has 0 radical (unpaired) electrons. The molecule has 1 heterocycles. The van der Waals surface area contributed by atoms with Gasteiger partial charge in [-0.2, -0.15) is 0 Å². The lowest BCUT2D eigenvalue weighted by atomic mass is 9.95. The Kier molecular flexibility index (Phi) is 4.82. The van der Waals surface area contributed by atoms with Gasteiger partial charge < -0.3 is 5.32 Å². The summed E-state index contributed by atoms with van der Waals surface area (Å²) in [5.41, 5.74) is 0. The molecule has 4 heteroatoms. The Morgan fingerprint density at radius 3 is 2.60 bits per heavy atom. The summed E-state index contributed by atoms with van der Waals surface area (Å²) in [5.74, 6) is 1.38. The van der Waals surface area contributed by atoms with Crippen LogP contribution in [-0.4, -0.2) is 16.0 Å². The first-order valence-electron chi connectivity index (χ1n) is 5.41. The molecule has 84 valence electrons. The Labute approximate surface area is 96.3 Å². The van der Waals surface area contributed by atoms with E-state index in [4.69, 9.17) is 11.6 Å². The zero-order chi connectivity index (χ0) is 11.3. The van der Waals surface area contributed by atoms with E-state index in [2.05, 4.69) is 36.1 Å². The highest BCUT2D eigenvalue weighted by Crippen LogP contribution is 2.21. The number of hydrogen-bond donors (Lipinski definition) is 1. The molecule has 0 saturated carbocycles. The largest absolute Gasteiger partial charge is 0.366 e. The van der Waals surface area contributed by atoms with Gasteiger partial charge in [0, 0.05) is 6.04 Å². The van der Waals surface area contributed by atoms with E-state index >= 15 is 0 Å². The molecule has 0 aliphatic heterocycles. The molecule has 0 aliphatic rings. The minimum absolute atomic E-state index is 0.382. The van der Waals surface area contributed by atoms with Gasteiger partial charge in [-0.3, -0.25) is 0 Å². The van der Waals surface area contributed by atoms with Crippen molar-refractivity contribution < 1.29 is 0 Å². The summed E-state index contributed by atoms with van der Waals surface area (Å²) in [6.07, 6.45) is 5.44. The zero-order valence-corrected chi connectivity index (χ0v) is 10.3. The summed E-state index contributed by atoms with van der Waals surface area (Å²) in [6, 6.07) is 0.382. The first-order chi connectivity index (χ1) is 7.19. The SMILES string of the molecule is CCC(CC)C(C)Nc1ncncc1Cl. The minimum atomic E-state index is 0.382. The third-order valence-electron chi connectivity index (χ3n) is 2.79. The Morgan fingerprint density at radius 2 is 2.07 bits per heavy atom. The minimum Gasteiger partial charge on any atom is -0.366 e. The van der Waals surface area contributed by atoms with Gasteiger partial charge in [-0.25, -0.2) is 9.97 Å². The third kappa shape index (κ3) is 3.34. The average Bonchev–Trinajstić information content (AvgIpc) is 2.23. The van der Waals surface area contributed by atoms with E-state index in [-0.39, 0.29) is 0 Å². The van der Waals surface area contributed by atoms with E-state index in [0.29, 0.717) is 17.0 Å². The van der Waals surface area contributed by atoms with E-state index in [9.17, 15) is 0 Å². The number of anilines is 1. The van der Waals surface area contributed by atoms with Crippen molar-refractivity contribution in [3.63, 3.8) is 0 Å². The van der Waals surface area contributed by atoms with Crippen molar-refractivity contribution in [3.8, 4) is 0 Å². The molecule has 0 spiro atoms. The van der Waals surface area contributed by atoms with Crippen LogP contribution < -0.4 is 5.32 Å². The molecule has 0 amide bonds. The van der Waals surface area contributed by atoms with Gasteiger partial charge in [-0.15, -0.1) is 0 Å². The van der Waals surface area contributed by atoms with Crippen LogP contribution in [0.5, 0.6) is 0 Å². The molecule has 0 aliphatic carbocycles. The first-order valence-corrected chi connectivity index (χ1v) is 5.78. The van der Waals surface area contributed by atoms with Crippen LogP contribution in [0, 0.1) is 5.92 Å². The molecular formula is C11H18ClN3. The van der Waals surface area contributed by atoms with Crippen molar-refractivity contribution in [1.82, 2.24) is 9.97 Å². The molecular weight excluding hydrogens is 210 g/mol. The lowest BCUT2D eigenvalue weighted by molar-refractivity contribution is 0.437. The second kappa shape index (κ2) is 5.91. The number of rotatable bonds is 5. The van der Waals surface area contributed by atoms with Crippen LogP contribution in [0.3, 0.4) is 0 Å². The fourth-order valence-electron chi connectivity index (χ4n) is 1.75. The zero-order valence-electron chi connectivity index (χ0n) is 9.50. The average molecular weight is 228 g/mol. The van der Waals surface area contributed by atoms with Crippen LogP contribution in [0.4, 0.5) is 5.82 Å². The molecule has 1 rings (SSSR count). The Morgan fingerprint density at radius 1 is 1.40 bits per heavy atom. The maximum absolute atomic E-state index is 5.97. The summed E-state index contributed by atoms with van der Waals surface area (Å²) in [6.45, 7) is 6.57. The van der Waals surface area contributed by atoms with Crippen LogP contribution in [0.15, 0.2) is 12.5 Å². The van der Waals surface area contributed by atoms with E-state index < -0.39 is 0 Å². The molecule has 1 aromatic rings. The summed E-state index contributed by atoms with van der Waals surface area (Å²) in [5, 5.41) is 3.91. The molecule has 0 fully saturated rings. The van der Waals surface area contributed by atoms with E-state index in [1.165, 1.54) is 6.33 Å². The molecule has 0 saturated heterocycles. The molecule has 0 aromatic carbocycles. The second-order valence-electron chi connectivity index (χ2n) is 3.73. The van der Waals surface area contributed by atoms with Crippen LogP contribution in [-0.2, 0) is 0 Å². The summed E-state index contributed by atoms with van der Waals surface area (Å²) < 4.78 is 0. The fourth-order valence-corrected chi connectivity index (χ4v) is 1.91. The van der Waals surface area contributed by atoms with Gasteiger partial charge in [0.05, 0.1) is 6.20 Å².